The van der Waals surface area contributed by atoms with Gasteiger partial charge in [-0.25, -0.2) is 13.8 Å². The molecule has 0 bridgehead atoms. The third kappa shape index (κ3) is 3.95. The van der Waals surface area contributed by atoms with Crippen molar-refractivity contribution in [2.75, 3.05) is 10.6 Å². The highest BCUT2D eigenvalue weighted by Gasteiger charge is 2.30. The number of rotatable bonds is 5. The molecule has 2 amide bonds. The van der Waals surface area contributed by atoms with Gasteiger partial charge in [-0.2, -0.15) is 0 Å². The summed E-state index contributed by atoms with van der Waals surface area (Å²) in [5, 5.41) is 8.20. The van der Waals surface area contributed by atoms with E-state index < -0.39 is 11.6 Å². The van der Waals surface area contributed by atoms with E-state index >= 15 is 0 Å². The number of hydrogen-bond acceptors (Lipinski definition) is 5. The lowest BCUT2D eigenvalue weighted by Gasteiger charge is -2.01. The first-order valence-electron chi connectivity index (χ1n) is 8.54. The Kier molecular flexibility index (Phi) is 4.94. The maximum atomic E-state index is 13.4. The Balaban J connectivity index is 1.46. The molecule has 1 aromatic carbocycles. The van der Waals surface area contributed by atoms with Crippen molar-refractivity contribution < 1.29 is 18.4 Å². The quantitative estimate of drug-likeness (QED) is 0.607. The van der Waals surface area contributed by atoms with Crippen molar-refractivity contribution in [3.05, 3.63) is 51.7 Å². The summed E-state index contributed by atoms with van der Waals surface area (Å²) < 4.78 is 26.5. The van der Waals surface area contributed by atoms with Gasteiger partial charge in [0, 0.05) is 16.9 Å². The maximum absolute atomic E-state index is 13.4. The van der Waals surface area contributed by atoms with Gasteiger partial charge in [0.25, 0.3) is 5.91 Å². The van der Waals surface area contributed by atoms with Crippen LogP contribution in [-0.2, 0) is 4.79 Å². The topological polar surface area (TPSA) is 71.1 Å². The van der Waals surface area contributed by atoms with Crippen LogP contribution in [0.2, 0.25) is 0 Å². The monoisotopic (exact) mass is 419 g/mol. The van der Waals surface area contributed by atoms with Crippen molar-refractivity contribution in [2.24, 2.45) is 5.92 Å². The zero-order valence-electron chi connectivity index (χ0n) is 14.7. The number of aromatic nitrogens is 1. The minimum absolute atomic E-state index is 0.00990. The summed E-state index contributed by atoms with van der Waals surface area (Å²) in [6.45, 7) is 1.80. The molecule has 144 valence electrons. The molecule has 28 heavy (non-hydrogen) atoms. The maximum Gasteiger partial charge on any atom is 0.267 e. The number of anilines is 2. The molecule has 1 aliphatic carbocycles. The lowest BCUT2D eigenvalue weighted by Crippen LogP contribution is -2.12. The summed E-state index contributed by atoms with van der Waals surface area (Å²) in [5.74, 6) is -2.13. The molecule has 4 rings (SSSR count). The molecule has 0 aliphatic heterocycles. The van der Waals surface area contributed by atoms with Crippen molar-refractivity contribution in [3.63, 3.8) is 0 Å². The lowest BCUT2D eigenvalue weighted by atomic mass is 10.2. The first-order valence-corrected chi connectivity index (χ1v) is 10.2. The van der Waals surface area contributed by atoms with Crippen LogP contribution in [0.15, 0.2) is 29.6 Å². The smallest absolute Gasteiger partial charge is 0.267 e. The van der Waals surface area contributed by atoms with E-state index in [0.717, 1.165) is 30.5 Å². The van der Waals surface area contributed by atoms with E-state index in [-0.39, 0.29) is 17.7 Å². The number of aryl methyl sites for hydroxylation is 1. The number of nitrogens with zero attached hydrogens (tertiary/aromatic N) is 1. The highest BCUT2D eigenvalue weighted by atomic mass is 32.1. The van der Waals surface area contributed by atoms with Gasteiger partial charge in [0.15, 0.2) is 16.8 Å². The van der Waals surface area contributed by atoms with Crippen molar-refractivity contribution in [1.82, 2.24) is 4.98 Å². The van der Waals surface area contributed by atoms with E-state index in [9.17, 15) is 18.4 Å². The van der Waals surface area contributed by atoms with E-state index in [2.05, 4.69) is 15.6 Å². The second-order valence-corrected chi connectivity index (χ2v) is 8.42. The number of benzene rings is 1. The van der Waals surface area contributed by atoms with E-state index in [1.165, 1.54) is 28.7 Å². The molecule has 0 atom stereocenters. The number of amides is 2. The van der Waals surface area contributed by atoms with Crippen molar-refractivity contribution in [3.8, 4) is 11.3 Å². The Labute approximate surface area is 167 Å². The van der Waals surface area contributed by atoms with E-state index in [4.69, 9.17) is 0 Å². The number of thiazole rings is 1. The lowest BCUT2D eigenvalue weighted by molar-refractivity contribution is -0.117. The molecule has 2 aromatic heterocycles. The van der Waals surface area contributed by atoms with E-state index in [1.54, 1.807) is 18.4 Å². The molecule has 3 aromatic rings. The van der Waals surface area contributed by atoms with Crippen LogP contribution < -0.4 is 10.6 Å². The molecular weight excluding hydrogens is 404 g/mol. The molecule has 0 radical (unpaired) electrons. The number of nitrogens with one attached hydrogen (secondary N) is 2. The van der Waals surface area contributed by atoms with Gasteiger partial charge in [0.1, 0.15) is 0 Å². The molecule has 1 fully saturated rings. The Morgan fingerprint density at radius 3 is 2.64 bits per heavy atom. The van der Waals surface area contributed by atoms with Gasteiger partial charge < -0.3 is 5.32 Å². The first-order chi connectivity index (χ1) is 13.4. The highest BCUT2D eigenvalue weighted by Crippen LogP contribution is 2.33. The van der Waals surface area contributed by atoms with Crippen LogP contribution in [0.5, 0.6) is 0 Å². The molecule has 9 heteroatoms. The molecular formula is C19H15F2N3O2S2. The van der Waals surface area contributed by atoms with Crippen LogP contribution in [0.1, 0.15) is 28.1 Å². The summed E-state index contributed by atoms with van der Waals surface area (Å²) in [6.07, 6.45) is 1.82. The number of carbonyl (C=O) groups excluding carboxylic acids is 2. The fourth-order valence-corrected chi connectivity index (χ4v) is 4.30. The Morgan fingerprint density at radius 2 is 1.93 bits per heavy atom. The molecule has 2 N–H and O–H groups in total. The van der Waals surface area contributed by atoms with E-state index in [1.807, 2.05) is 0 Å². The molecule has 0 spiro atoms. The zero-order valence-corrected chi connectivity index (χ0v) is 16.3. The average Bonchev–Trinajstić information content (AvgIpc) is 3.31. The van der Waals surface area contributed by atoms with E-state index in [0.29, 0.717) is 26.3 Å². The molecule has 0 saturated heterocycles. The second-order valence-electron chi connectivity index (χ2n) is 6.51. The van der Waals surface area contributed by atoms with Crippen molar-refractivity contribution in [2.45, 2.75) is 19.8 Å². The van der Waals surface area contributed by atoms with Crippen LogP contribution >= 0.6 is 22.7 Å². The minimum atomic E-state index is -0.953. The van der Waals surface area contributed by atoms with Crippen LogP contribution in [-0.4, -0.2) is 16.8 Å². The van der Waals surface area contributed by atoms with Gasteiger partial charge in [0.2, 0.25) is 5.91 Å². The summed E-state index contributed by atoms with van der Waals surface area (Å²) in [5.41, 5.74) is 1.62. The second kappa shape index (κ2) is 7.40. The number of thiophene rings is 1. The van der Waals surface area contributed by atoms with Gasteiger partial charge in [-0.1, -0.05) is 0 Å². The summed E-state index contributed by atoms with van der Waals surface area (Å²) in [6, 6.07) is 5.30. The fraction of sp³-hybridized carbons (Fsp3) is 0.211. The number of halogens is 2. The third-order valence-electron chi connectivity index (χ3n) is 4.26. The summed E-state index contributed by atoms with van der Waals surface area (Å²) in [4.78, 5) is 29.2. The Morgan fingerprint density at radius 1 is 1.14 bits per heavy atom. The molecule has 0 unspecified atom stereocenters. The average molecular weight is 419 g/mol. The Bertz CT molecular complexity index is 1070. The normalized spacial score (nSPS) is 13.4. The molecule has 1 saturated carbocycles. The highest BCUT2D eigenvalue weighted by molar-refractivity contribution is 7.18. The van der Waals surface area contributed by atoms with Gasteiger partial charge in [-0.15, -0.1) is 22.7 Å². The van der Waals surface area contributed by atoms with Gasteiger partial charge in [-0.3, -0.25) is 14.9 Å². The minimum Gasteiger partial charge on any atom is -0.317 e. The van der Waals surface area contributed by atoms with Gasteiger partial charge >= 0.3 is 0 Å². The largest absolute Gasteiger partial charge is 0.317 e. The molecule has 1 aliphatic rings. The van der Waals surface area contributed by atoms with Crippen LogP contribution in [0.25, 0.3) is 11.3 Å². The molecule has 5 nitrogen and oxygen atoms in total. The third-order valence-corrected chi connectivity index (χ3v) is 6.17. The SMILES string of the molecule is Cc1cc(NC(=O)C2CC2)sc1C(=O)Nc1nc(-c2ccc(F)c(F)c2)cs1. The number of hydrogen-bond donors (Lipinski definition) is 2. The van der Waals surface area contributed by atoms with Crippen molar-refractivity contribution >= 4 is 44.6 Å². The van der Waals surface area contributed by atoms with Gasteiger partial charge in [0.05, 0.1) is 15.6 Å². The van der Waals surface area contributed by atoms with Crippen molar-refractivity contribution in [1.29, 1.82) is 0 Å². The summed E-state index contributed by atoms with van der Waals surface area (Å²) >= 11 is 2.40. The standard InChI is InChI=1S/C19H15F2N3O2S2/c1-9-6-15(23-17(25)10-2-3-10)28-16(9)18(26)24-19-22-14(8-27-19)11-4-5-12(20)13(21)7-11/h4-8,10H,2-3H2,1H3,(H,23,25)(H,22,24,26). The predicted molar refractivity (Wildman–Crippen MR) is 106 cm³/mol. The predicted octanol–water partition coefficient (Wildman–Crippen LogP) is 5.06. The first kappa shape index (κ1) is 18.7. The number of carbonyl (C=O) groups is 2. The zero-order chi connectivity index (χ0) is 19.8. The molecule has 2 heterocycles. The Hall–Kier alpha value is -2.65. The van der Waals surface area contributed by atoms with Gasteiger partial charge in [-0.05, 0) is 49.6 Å². The fourth-order valence-electron chi connectivity index (χ4n) is 2.61. The van der Waals surface area contributed by atoms with Crippen LogP contribution in [0, 0.1) is 24.5 Å². The van der Waals surface area contributed by atoms with Crippen LogP contribution in [0.3, 0.4) is 0 Å². The van der Waals surface area contributed by atoms with Crippen LogP contribution in [0.4, 0.5) is 18.9 Å². The summed E-state index contributed by atoms with van der Waals surface area (Å²) in [7, 11) is 0.